The predicted molar refractivity (Wildman–Crippen MR) is 61.4 cm³/mol. The van der Waals surface area contributed by atoms with Gasteiger partial charge in [0.15, 0.2) is 5.78 Å². The van der Waals surface area contributed by atoms with Crippen LogP contribution in [0.5, 0.6) is 5.75 Å². The molecule has 1 heterocycles. The van der Waals surface area contributed by atoms with Crippen molar-refractivity contribution in [3.8, 4) is 5.75 Å². The molecule has 90 valence electrons. The number of hydrogen-bond donors (Lipinski definition) is 0. The van der Waals surface area contributed by atoms with Crippen molar-refractivity contribution < 1.29 is 19.1 Å². The fourth-order valence-electron chi connectivity index (χ4n) is 1.71. The third-order valence-electron chi connectivity index (χ3n) is 2.44. The van der Waals surface area contributed by atoms with E-state index >= 15 is 0 Å². The highest BCUT2D eigenvalue weighted by molar-refractivity contribution is 6.34. The number of halogens is 1. The quantitative estimate of drug-likeness (QED) is 0.760. The molecule has 17 heavy (non-hydrogen) atoms. The Morgan fingerprint density at radius 1 is 1.59 bits per heavy atom. The molecule has 0 aliphatic carbocycles. The second-order valence-electron chi connectivity index (χ2n) is 3.60. The van der Waals surface area contributed by atoms with E-state index in [1.807, 2.05) is 0 Å². The van der Waals surface area contributed by atoms with Crippen LogP contribution in [0.15, 0.2) is 18.2 Å². The normalized spacial score (nSPS) is 18.2. The van der Waals surface area contributed by atoms with Gasteiger partial charge in [-0.2, -0.15) is 0 Å². The van der Waals surface area contributed by atoms with Crippen LogP contribution >= 0.6 is 11.6 Å². The molecule has 0 amide bonds. The molecule has 1 aromatic carbocycles. The predicted octanol–water partition coefficient (Wildman–Crippen LogP) is 2.24. The number of benzene rings is 1. The van der Waals surface area contributed by atoms with Crippen LogP contribution in [0.25, 0.3) is 0 Å². The number of ketones is 1. The molecule has 1 unspecified atom stereocenters. The van der Waals surface area contributed by atoms with E-state index in [0.717, 1.165) is 0 Å². The average molecular weight is 255 g/mol. The number of esters is 1. The molecule has 1 aliphatic heterocycles. The zero-order valence-electron chi connectivity index (χ0n) is 9.23. The van der Waals surface area contributed by atoms with E-state index in [4.69, 9.17) is 21.1 Å². The van der Waals surface area contributed by atoms with E-state index < -0.39 is 12.1 Å². The first-order valence-electron chi connectivity index (χ1n) is 5.28. The van der Waals surface area contributed by atoms with E-state index in [9.17, 15) is 9.59 Å². The number of carbonyl (C=O) groups excluding carboxylic acids is 2. The average Bonchev–Trinajstić information content (AvgIpc) is 2.29. The van der Waals surface area contributed by atoms with Gasteiger partial charge in [0.1, 0.15) is 5.75 Å². The summed E-state index contributed by atoms with van der Waals surface area (Å²) >= 11 is 5.91. The molecule has 1 aromatic rings. The van der Waals surface area contributed by atoms with Crippen LogP contribution < -0.4 is 4.74 Å². The number of fused-ring (bicyclic) bond motifs is 1. The molecule has 0 aromatic heterocycles. The molecule has 0 saturated carbocycles. The Morgan fingerprint density at radius 3 is 3.06 bits per heavy atom. The van der Waals surface area contributed by atoms with Crippen molar-refractivity contribution in [2.75, 3.05) is 6.61 Å². The molecule has 0 spiro atoms. The van der Waals surface area contributed by atoms with Crippen LogP contribution in [0.1, 0.15) is 23.7 Å². The van der Waals surface area contributed by atoms with E-state index in [2.05, 4.69) is 0 Å². The molecule has 1 aliphatic rings. The Morgan fingerprint density at radius 2 is 2.35 bits per heavy atom. The van der Waals surface area contributed by atoms with Gasteiger partial charge >= 0.3 is 5.97 Å². The minimum atomic E-state index is -0.867. The van der Waals surface area contributed by atoms with Crippen molar-refractivity contribution >= 4 is 23.4 Å². The maximum Gasteiger partial charge on any atom is 0.347 e. The minimum Gasteiger partial charge on any atom is -0.477 e. The highest BCUT2D eigenvalue weighted by atomic mass is 35.5. The number of carbonyl (C=O) groups is 2. The first-order valence-corrected chi connectivity index (χ1v) is 5.66. The van der Waals surface area contributed by atoms with Crippen LogP contribution in [-0.2, 0) is 9.53 Å². The lowest BCUT2D eigenvalue weighted by Gasteiger charge is -2.24. The van der Waals surface area contributed by atoms with Gasteiger partial charge in [-0.25, -0.2) is 4.79 Å². The molecule has 2 rings (SSSR count). The van der Waals surface area contributed by atoms with Gasteiger partial charge < -0.3 is 9.47 Å². The molecule has 4 nitrogen and oxygen atoms in total. The Kier molecular flexibility index (Phi) is 3.33. The maximum absolute atomic E-state index is 11.9. The highest BCUT2D eigenvalue weighted by Crippen LogP contribution is 2.33. The standard InChI is InChI=1S/C12H11ClO4/c1-2-16-12(15)10-6-8(14)11-7(13)4-3-5-9(11)17-10/h3-5,10H,2,6H2,1H3. The third-order valence-corrected chi connectivity index (χ3v) is 2.76. The summed E-state index contributed by atoms with van der Waals surface area (Å²) in [5.74, 6) is -0.381. The van der Waals surface area contributed by atoms with Crippen molar-refractivity contribution in [1.82, 2.24) is 0 Å². The van der Waals surface area contributed by atoms with Gasteiger partial charge in [-0.1, -0.05) is 17.7 Å². The summed E-state index contributed by atoms with van der Waals surface area (Å²) in [4.78, 5) is 23.4. The number of Topliss-reactive ketones (excluding diaryl/α,β-unsaturated/α-hetero) is 1. The van der Waals surface area contributed by atoms with Crippen LogP contribution in [0.4, 0.5) is 0 Å². The summed E-state index contributed by atoms with van der Waals surface area (Å²) in [6.45, 7) is 1.96. The number of hydrogen-bond acceptors (Lipinski definition) is 4. The van der Waals surface area contributed by atoms with E-state index in [1.165, 1.54) is 0 Å². The highest BCUT2D eigenvalue weighted by Gasteiger charge is 2.33. The van der Waals surface area contributed by atoms with Crippen molar-refractivity contribution in [3.05, 3.63) is 28.8 Å². The molecule has 0 N–H and O–H groups in total. The van der Waals surface area contributed by atoms with Gasteiger partial charge in [0, 0.05) is 0 Å². The third kappa shape index (κ3) is 2.26. The van der Waals surface area contributed by atoms with Gasteiger partial charge in [-0.15, -0.1) is 0 Å². The molecule has 5 heteroatoms. The van der Waals surface area contributed by atoms with Gasteiger partial charge in [0.05, 0.1) is 23.6 Å². The van der Waals surface area contributed by atoms with E-state index in [-0.39, 0.29) is 18.8 Å². The first kappa shape index (κ1) is 11.9. The summed E-state index contributed by atoms with van der Waals surface area (Å²) < 4.78 is 10.2. The Hall–Kier alpha value is -1.55. The Bertz CT molecular complexity index is 470. The summed E-state index contributed by atoms with van der Waals surface area (Å²) in [6.07, 6.45) is -0.899. The van der Waals surface area contributed by atoms with Crippen molar-refractivity contribution in [1.29, 1.82) is 0 Å². The van der Waals surface area contributed by atoms with E-state index in [1.54, 1.807) is 25.1 Å². The van der Waals surface area contributed by atoms with Crippen molar-refractivity contribution in [2.45, 2.75) is 19.4 Å². The second kappa shape index (κ2) is 4.75. The monoisotopic (exact) mass is 254 g/mol. The fraction of sp³-hybridized carbons (Fsp3) is 0.333. The number of ether oxygens (including phenoxy) is 2. The summed E-state index contributed by atoms with van der Waals surface area (Å²) in [5, 5.41) is 0.342. The van der Waals surface area contributed by atoms with Crippen LogP contribution in [-0.4, -0.2) is 24.5 Å². The lowest BCUT2D eigenvalue weighted by Crippen LogP contribution is -2.35. The smallest absolute Gasteiger partial charge is 0.347 e. The minimum absolute atomic E-state index is 0.0322. The molecular weight excluding hydrogens is 244 g/mol. The summed E-state index contributed by atoms with van der Waals surface area (Å²) in [6, 6.07) is 4.90. The van der Waals surface area contributed by atoms with Gasteiger partial charge in [0.25, 0.3) is 0 Å². The molecule has 0 fully saturated rings. The van der Waals surface area contributed by atoms with Gasteiger partial charge in [-0.3, -0.25) is 4.79 Å². The molecule has 0 saturated heterocycles. The summed E-state index contributed by atoms with van der Waals surface area (Å²) in [7, 11) is 0. The Balaban J connectivity index is 2.28. The lowest BCUT2D eigenvalue weighted by molar-refractivity contribution is -0.151. The molecule has 1 atom stereocenters. The Labute approximate surface area is 103 Å². The van der Waals surface area contributed by atoms with E-state index in [0.29, 0.717) is 16.3 Å². The van der Waals surface area contributed by atoms with Crippen molar-refractivity contribution in [3.63, 3.8) is 0 Å². The van der Waals surface area contributed by atoms with Crippen LogP contribution in [0.3, 0.4) is 0 Å². The second-order valence-corrected chi connectivity index (χ2v) is 4.01. The zero-order chi connectivity index (χ0) is 12.4. The van der Waals surface area contributed by atoms with Gasteiger partial charge in [0.2, 0.25) is 6.10 Å². The molecular formula is C12H11ClO4. The fourth-order valence-corrected chi connectivity index (χ4v) is 1.98. The lowest BCUT2D eigenvalue weighted by atomic mass is 10.0. The zero-order valence-corrected chi connectivity index (χ0v) is 9.99. The largest absolute Gasteiger partial charge is 0.477 e. The first-order chi connectivity index (χ1) is 8.13. The molecule has 0 bridgehead atoms. The van der Waals surface area contributed by atoms with Gasteiger partial charge in [-0.05, 0) is 19.1 Å². The topological polar surface area (TPSA) is 52.6 Å². The van der Waals surface area contributed by atoms with Crippen molar-refractivity contribution in [2.24, 2.45) is 0 Å². The number of rotatable bonds is 2. The SMILES string of the molecule is CCOC(=O)C1CC(=O)c2c(Cl)cccc2O1. The van der Waals surface area contributed by atoms with Crippen LogP contribution in [0.2, 0.25) is 5.02 Å². The summed E-state index contributed by atoms with van der Waals surface area (Å²) in [5.41, 5.74) is 0.342. The maximum atomic E-state index is 11.9. The molecule has 0 radical (unpaired) electrons. The van der Waals surface area contributed by atoms with Crippen LogP contribution in [0, 0.1) is 0 Å².